The van der Waals surface area contributed by atoms with Crippen LogP contribution in [-0.4, -0.2) is 73.6 Å². The van der Waals surface area contributed by atoms with Crippen molar-refractivity contribution in [1.82, 2.24) is 25.4 Å². The van der Waals surface area contributed by atoms with Crippen LogP contribution in [0.1, 0.15) is 25.5 Å². The Morgan fingerprint density at radius 3 is 2.58 bits per heavy atom. The van der Waals surface area contributed by atoms with Gasteiger partial charge in [0.2, 0.25) is 0 Å². The fourth-order valence-electron chi connectivity index (χ4n) is 2.89. The second-order valence-corrected chi connectivity index (χ2v) is 6.16. The van der Waals surface area contributed by atoms with Gasteiger partial charge in [0, 0.05) is 46.0 Å². The SMILES string of the molecule is CCN1CCN(CCCCNC(=NC)NCc2ccccn2)CC1. The first-order chi connectivity index (χ1) is 11.8. The Morgan fingerprint density at radius 1 is 1.12 bits per heavy atom. The third-order valence-electron chi connectivity index (χ3n) is 4.49. The van der Waals surface area contributed by atoms with Crippen LogP contribution in [-0.2, 0) is 6.54 Å². The van der Waals surface area contributed by atoms with E-state index in [1.165, 1.54) is 45.7 Å². The number of piperazine rings is 1. The Labute approximate surface area is 146 Å². The van der Waals surface area contributed by atoms with Crippen LogP contribution in [0.2, 0.25) is 0 Å². The van der Waals surface area contributed by atoms with Crippen LogP contribution >= 0.6 is 0 Å². The monoisotopic (exact) mass is 332 g/mol. The van der Waals surface area contributed by atoms with Crippen molar-refractivity contribution in [2.75, 3.05) is 52.9 Å². The zero-order valence-electron chi connectivity index (χ0n) is 15.2. The molecule has 0 atom stereocenters. The van der Waals surface area contributed by atoms with Gasteiger partial charge in [0.05, 0.1) is 12.2 Å². The van der Waals surface area contributed by atoms with Crippen LogP contribution in [0.3, 0.4) is 0 Å². The summed E-state index contributed by atoms with van der Waals surface area (Å²) < 4.78 is 0. The van der Waals surface area contributed by atoms with Gasteiger partial charge in [0.25, 0.3) is 0 Å². The molecule has 1 fully saturated rings. The van der Waals surface area contributed by atoms with E-state index in [0.29, 0.717) is 6.54 Å². The highest BCUT2D eigenvalue weighted by molar-refractivity contribution is 5.79. The summed E-state index contributed by atoms with van der Waals surface area (Å²) in [5.41, 5.74) is 1.02. The molecule has 2 rings (SSSR count). The number of likely N-dealkylation sites (N-methyl/N-ethyl adjacent to an activating group) is 1. The maximum absolute atomic E-state index is 4.30. The van der Waals surface area contributed by atoms with E-state index in [2.05, 4.69) is 37.3 Å². The second-order valence-electron chi connectivity index (χ2n) is 6.16. The number of aliphatic imine (C=N–C) groups is 1. The molecule has 1 aromatic rings. The molecule has 0 radical (unpaired) electrons. The lowest BCUT2D eigenvalue weighted by molar-refractivity contribution is 0.136. The molecule has 0 unspecified atom stereocenters. The van der Waals surface area contributed by atoms with Crippen LogP contribution in [0.4, 0.5) is 0 Å². The minimum atomic E-state index is 0.697. The average molecular weight is 332 g/mol. The lowest BCUT2D eigenvalue weighted by Crippen LogP contribution is -2.46. The van der Waals surface area contributed by atoms with Gasteiger partial charge in [0.15, 0.2) is 5.96 Å². The molecule has 0 aromatic carbocycles. The predicted octanol–water partition coefficient (Wildman–Crippen LogP) is 1.16. The zero-order valence-corrected chi connectivity index (χ0v) is 15.2. The fourth-order valence-corrected chi connectivity index (χ4v) is 2.89. The van der Waals surface area contributed by atoms with Crippen molar-refractivity contribution < 1.29 is 0 Å². The van der Waals surface area contributed by atoms with Crippen molar-refractivity contribution in [3.63, 3.8) is 0 Å². The van der Waals surface area contributed by atoms with Gasteiger partial charge in [0.1, 0.15) is 0 Å². The molecule has 0 aliphatic carbocycles. The number of nitrogens with zero attached hydrogens (tertiary/aromatic N) is 4. The van der Waals surface area contributed by atoms with Crippen molar-refractivity contribution in [2.45, 2.75) is 26.3 Å². The van der Waals surface area contributed by atoms with E-state index in [0.717, 1.165) is 24.6 Å². The third-order valence-corrected chi connectivity index (χ3v) is 4.49. The van der Waals surface area contributed by atoms with Crippen LogP contribution in [0.25, 0.3) is 0 Å². The number of hydrogen-bond donors (Lipinski definition) is 2. The van der Waals surface area contributed by atoms with Crippen molar-refractivity contribution in [2.24, 2.45) is 4.99 Å². The van der Waals surface area contributed by atoms with Crippen molar-refractivity contribution >= 4 is 5.96 Å². The molecule has 1 aromatic heterocycles. The average Bonchev–Trinajstić information content (AvgIpc) is 2.65. The molecule has 2 heterocycles. The van der Waals surface area contributed by atoms with Gasteiger partial charge >= 0.3 is 0 Å². The Bertz CT molecular complexity index is 468. The van der Waals surface area contributed by atoms with Gasteiger partial charge in [-0.25, -0.2) is 0 Å². The first kappa shape index (κ1) is 18.7. The van der Waals surface area contributed by atoms with E-state index >= 15 is 0 Å². The molecule has 1 saturated heterocycles. The van der Waals surface area contributed by atoms with Gasteiger partial charge in [-0.3, -0.25) is 9.98 Å². The second kappa shape index (κ2) is 11.0. The van der Waals surface area contributed by atoms with Crippen molar-refractivity contribution in [1.29, 1.82) is 0 Å². The summed E-state index contributed by atoms with van der Waals surface area (Å²) in [4.78, 5) is 13.7. The molecular formula is C18H32N6. The summed E-state index contributed by atoms with van der Waals surface area (Å²) in [5.74, 6) is 0.845. The molecule has 24 heavy (non-hydrogen) atoms. The van der Waals surface area contributed by atoms with Crippen LogP contribution in [0, 0.1) is 0 Å². The highest BCUT2D eigenvalue weighted by Crippen LogP contribution is 2.02. The van der Waals surface area contributed by atoms with E-state index < -0.39 is 0 Å². The highest BCUT2D eigenvalue weighted by Gasteiger charge is 2.14. The number of pyridine rings is 1. The summed E-state index contributed by atoms with van der Waals surface area (Å²) >= 11 is 0. The van der Waals surface area contributed by atoms with Crippen molar-refractivity contribution in [3.8, 4) is 0 Å². The van der Waals surface area contributed by atoms with Crippen LogP contribution < -0.4 is 10.6 Å². The molecular weight excluding hydrogens is 300 g/mol. The number of unbranched alkanes of at least 4 members (excludes halogenated alkanes) is 1. The van der Waals surface area contributed by atoms with Gasteiger partial charge in [-0.05, 0) is 38.1 Å². The third kappa shape index (κ3) is 6.84. The van der Waals surface area contributed by atoms with E-state index in [9.17, 15) is 0 Å². The normalized spacial score (nSPS) is 17.0. The van der Waals surface area contributed by atoms with E-state index in [1.54, 1.807) is 7.05 Å². The minimum Gasteiger partial charge on any atom is -0.356 e. The molecule has 1 aliphatic rings. The maximum atomic E-state index is 4.30. The first-order valence-corrected chi connectivity index (χ1v) is 9.11. The van der Waals surface area contributed by atoms with Gasteiger partial charge in [-0.15, -0.1) is 0 Å². The van der Waals surface area contributed by atoms with E-state index in [1.807, 2.05) is 24.4 Å². The van der Waals surface area contributed by atoms with Crippen molar-refractivity contribution in [3.05, 3.63) is 30.1 Å². The minimum absolute atomic E-state index is 0.697. The zero-order chi connectivity index (χ0) is 17.0. The lowest BCUT2D eigenvalue weighted by Gasteiger charge is -2.34. The summed E-state index contributed by atoms with van der Waals surface area (Å²) in [7, 11) is 1.81. The summed E-state index contributed by atoms with van der Waals surface area (Å²) in [6.07, 6.45) is 4.21. The molecule has 6 heteroatoms. The largest absolute Gasteiger partial charge is 0.356 e. The lowest BCUT2D eigenvalue weighted by atomic mass is 10.2. The number of aromatic nitrogens is 1. The number of nitrogens with one attached hydrogen (secondary N) is 2. The number of guanidine groups is 1. The molecule has 2 N–H and O–H groups in total. The predicted molar refractivity (Wildman–Crippen MR) is 100 cm³/mol. The topological polar surface area (TPSA) is 55.8 Å². The summed E-state index contributed by atoms with van der Waals surface area (Å²) in [6.45, 7) is 11.2. The molecule has 0 saturated carbocycles. The summed E-state index contributed by atoms with van der Waals surface area (Å²) in [5, 5.41) is 6.68. The van der Waals surface area contributed by atoms with Gasteiger partial charge in [-0.1, -0.05) is 13.0 Å². The van der Waals surface area contributed by atoms with Gasteiger partial charge < -0.3 is 20.4 Å². The Hall–Kier alpha value is -1.66. The van der Waals surface area contributed by atoms with Crippen LogP contribution in [0.5, 0.6) is 0 Å². The van der Waals surface area contributed by atoms with Crippen LogP contribution in [0.15, 0.2) is 29.4 Å². The Morgan fingerprint density at radius 2 is 1.92 bits per heavy atom. The van der Waals surface area contributed by atoms with E-state index in [-0.39, 0.29) is 0 Å². The number of rotatable bonds is 8. The van der Waals surface area contributed by atoms with Gasteiger partial charge in [-0.2, -0.15) is 0 Å². The fraction of sp³-hybridized carbons (Fsp3) is 0.667. The maximum Gasteiger partial charge on any atom is 0.191 e. The molecule has 6 nitrogen and oxygen atoms in total. The Kier molecular flexibility index (Phi) is 8.55. The number of hydrogen-bond acceptors (Lipinski definition) is 4. The smallest absolute Gasteiger partial charge is 0.191 e. The standard InChI is InChI=1S/C18H32N6/c1-3-23-12-14-24(15-13-23)11-7-6-10-21-18(19-2)22-16-17-8-4-5-9-20-17/h4-5,8-9H,3,6-7,10-16H2,1-2H3,(H2,19,21,22). The molecule has 134 valence electrons. The summed E-state index contributed by atoms with van der Waals surface area (Å²) in [6, 6.07) is 5.94. The molecule has 0 amide bonds. The quantitative estimate of drug-likeness (QED) is 0.425. The highest BCUT2D eigenvalue weighted by atomic mass is 15.3. The Balaban J connectivity index is 1.53. The molecule has 1 aliphatic heterocycles. The molecule has 0 bridgehead atoms. The molecule has 0 spiro atoms. The first-order valence-electron chi connectivity index (χ1n) is 9.11. The van der Waals surface area contributed by atoms with E-state index in [4.69, 9.17) is 0 Å².